The van der Waals surface area contributed by atoms with Gasteiger partial charge in [0.05, 0.1) is 13.2 Å². The molecule has 1 fully saturated rings. The Hall–Kier alpha value is -3.45. The van der Waals surface area contributed by atoms with E-state index in [9.17, 15) is 14.3 Å². The van der Waals surface area contributed by atoms with Crippen LogP contribution in [-0.2, 0) is 10.3 Å². The van der Waals surface area contributed by atoms with Crippen LogP contribution in [0.3, 0.4) is 0 Å². The molecule has 1 amide bonds. The third kappa shape index (κ3) is 4.89. The van der Waals surface area contributed by atoms with E-state index in [1.165, 1.54) is 12.1 Å². The first-order chi connectivity index (χ1) is 16.5. The van der Waals surface area contributed by atoms with Gasteiger partial charge in [0.15, 0.2) is 0 Å². The molecule has 178 valence electrons. The van der Waals surface area contributed by atoms with E-state index in [0.29, 0.717) is 31.7 Å². The summed E-state index contributed by atoms with van der Waals surface area (Å²) in [5.41, 5.74) is 2.87. The molecule has 1 saturated heterocycles. The highest BCUT2D eigenvalue weighted by Gasteiger charge is 2.43. The van der Waals surface area contributed by atoms with Crippen LogP contribution < -0.4 is 4.74 Å². The van der Waals surface area contributed by atoms with Crippen molar-refractivity contribution < 1.29 is 23.8 Å². The van der Waals surface area contributed by atoms with Crippen LogP contribution in [0.1, 0.15) is 43.4 Å². The number of amides is 1. The Labute approximate surface area is 199 Å². The molecule has 1 aliphatic heterocycles. The van der Waals surface area contributed by atoms with Crippen molar-refractivity contribution in [3.05, 3.63) is 83.8 Å². The number of hydrogen-bond donors (Lipinski definition) is 1. The summed E-state index contributed by atoms with van der Waals surface area (Å²) in [5, 5.41) is 9.37. The Balaban J connectivity index is 1.49. The van der Waals surface area contributed by atoms with Crippen LogP contribution in [0.15, 0.2) is 66.9 Å². The van der Waals surface area contributed by atoms with Crippen LogP contribution in [-0.4, -0.2) is 41.3 Å². The fourth-order valence-corrected chi connectivity index (χ4v) is 4.47. The quantitative estimate of drug-likeness (QED) is 0.479. The lowest BCUT2D eigenvalue weighted by Gasteiger charge is -2.43. The molecule has 2 heterocycles. The number of ether oxygens (including phenoxy) is 2. The maximum atomic E-state index is 13.5. The van der Waals surface area contributed by atoms with Gasteiger partial charge in [-0.2, -0.15) is 0 Å². The summed E-state index contributed by atoms with van der Waals surface area (Å²) in [6.45, 7) is 2.47. The first-order valence-corrected chi connectivity index (χ1v) is 11.4. The molecule has 1 unspecified atom stereocenters. The summed E-state index contributed by atoms with van der Waals surface area (Å²) in [5.74, 6) is 0.223. The van der Waals surface area contributed by atoms with E-state index in [4.69, 9.17) is 9.47 Å². The van der Waals surface area contributed by atoms with E-state index in [1.807, 2.05) is 43.3 Å². The van der Waals surface area contributed by atoms with Gasteiger partial charge in [-0.05, 0) is 54.7 Å². The molecule has 1 N–H and O–H groups in total. The van der Waals surface area contributed by atoms with E-state index in [2.05, 4.69) is 4.98 Å². The minimum Gasteiger partial charge on any atom is -0.481 e. The third-order valence-electron chi connectivity index (χ3n) is 6.52. The molecule has 3 aromatic rings. The first kappa shape index (κ1) is 23.7. The number of carbonyl (C=O) groups excluding carboxylic acids is 1. The Morgan fingerprint density at radius 2 is 1.82 bits per heavy atom. The lowest BCUT2D eigenvalue weighted by atomic mass is 9.84. The first-order valence-electron chi connectivity index (χ1n) is 11.4. The number of benzene rings is 2. The van der Waals surface area contributed by atoms with Crippen molar-refractivity contribution in [3.63, 3.8) is 0 Å². The maximum Gasteiger partial charge on any atom is 0.411 e. The Morgan fingerprint density at radius 3 is 2.41 bits per heavy atom. The number of methoxy groups -OCH3 is 1. The van der Waals surface area contributed by atoms with Crippen LogP contribution in [0.25, 0.3) is 11.1 Å². The summed E-state index contributed by atoms with van der Waals surface area (Å²) in [6, 6.07) is 17.7. The number of aliphatic hydroxyl groups excluding tert-OH is 1. The molecule has 0 aliphatic carbocycles. The van der Waals surface area contributed by atoms with Gasteiger partial charge in [-0.1, -0.05) is 36.4 Å². The average Bonchev–Trinajstić information content (AvgIpc) is 2.88. The average molecular weight is 465 g/mol. The van der Waals surface area contributed by atoms with Crippen LogP contribution in [0.5, 0.6) is 5.88 Å². The second-order valence-corrected chi connectivity index (χ2v) is 8.53. The predicted octanol–water partition coefficient (Wildman–Crippen LogP) is 5.47. The Morgan fingerprint density at radius 1 is 1.12 bits per heavy atom. The SMILES string of the molecule is COc1ccc(-c2ccc([C@H](C)N3CCC(CCCO)(c4ccc(F)cc4)OC3=O)cc2)cn1. The van der Waals surface area contributed by atoms with Crippen molar-refractivity contribution in [2.24, 2.45) is 0 Å². The third-order valence-corrected chi connectivity index (χ3v) is 6.52. The number of pyridine rings is 1. The zero-order valence-corrected chi connectivity index (χ0v) is 19.4. The molecule has 0 spiro atoms. The van der Waals surface area contributed by atoms with Crippen molar-refractivity contribution in [3.8, 4) is 17.0 Å². The summed E-state index contributed by atoms with van der Waals surface area (Å²) in [6.07, 6.45) is 2.88. The van der Waals surface area contributed by atoms with Gasteiger partial charge in [0, 0.05) is 37.4 Å². The highest BCUT2D eigenvalue weighted by molar-refractivity contribution is 5.70. The zero-order chi connectivity index (χ0) is 24.1. The summed E-state index contributed by atoms with van der Waals surface area (Å²) in [7, 11) is 1.58. The van der Waals surface area contributed by atoms with Gasteiger partial charge in [-0.15, -0.1) is 0 Å². The Bertz CT molecular complexity index is 1100. The zero-order valence-electron chi connectivity index (χ0n) is 19.4. The highest BCUT2D eigenvalue weighted by atomic mass is 19.1. The lowest BCUT2D eigenvalue weighted by molar-refractivity contribution is -0.0680. The molecular formula is C27H29FN2O4. The summed E-state index contributed by atoms with van der Waals surface area (Å²) in [4.78, 5) is 19.1. The van der Waals surface area contributed by atoms with Crippen molar-refractivity contribution in [2.45, 2.75) is 37.8 Å². The maximum absolute atomic E-state index is 13.5. The van der Waals surface area contributed by atoms with Crippen LogP contribution in [0.2, 0.25) is 0 Å². The van der Waals surface area contributed by atoms with Gasteiger partial charge in [0.2, 0.25) is 5.88 Å². The molecular weight excluding hydrogens is 435 g/mol. The number of halogens is 1. The summed E-state index contributed by atoms with van der Waals surface area (Å²) >= 11 is 0. The molecule has 7 heteroatoms. The minimum atomic E-state index is -0.866. The number of rotatable bonds is 8. The number of aliphatic hydroxyl groups is 1. The number of aromatic nitrogens is 1. The molecule has 0 radical (unpaired) electrons. The largest absolute Gasteiger partial charge is 0.481 e. The van der Waals surface area contributed by atoms with Gasteiger partial charge in [0.1, 0.15) is 11.4 Å². The second-order valence-electron chi connectivity index (χ2n) is 8.53. The fraction of sp³-hybridized carbons (Fsp3) is 0.333. The van der Waals surface area contributed by atoms with Crippen molar-refractivity contribution in [1.82, 2.24) is 9.88 Å². The van der Waals surface area contributed by atoms with Crippen LogP contribution >= 0.6 is 0 Å². The molecule has 4 rings (SSSR count). The van der Waals surface area contributed by atoms with Gasteiger partial charge in [-0.25, -0.2) is 14.2 Å². The van der Waals surface area contributed by atoms with Gasteiger partial charge in [0.25, 0.3) is 0 Å². The lowest BCUT2D eigenvalue weighted by Crippen LogP contribution is -2.48. The van der Waals surface area contributed by atoms with Crippen molar-refractivity contribution in [2.75, 3.05) is 20.3 Å². The molecule has 1 aliphatic rings. The van der Waals surface area contributed by atoms with E-state index in [-0.39, 0.29) is 18.5 Å². The van der Waals surface area contributed by atoms with Crippen molar-refractivity contribution in [1.29, 1.82) is 0 Å². The smallest absolute Gasteiger partial charge is 0.411 e. The summed E-state index contributed by atoms with van der Waals surface area (Å²) < 4.78 is 24.6. The second kappa shape index (κ2) is 10.2. The van der Waals surface area contributed by atoms with E-state index in [0.717, 1.165) is 22.3 Å². The Kier molecular flexibility index (Phi) is 7.12. The normalized spacial score (nSPS) is 18.9. The monoisotopic (exact) mass is 464 g/mol. The van der Waals surface area contributed by atoms with Gasteiger partial charge >= 0.3 is 6.09 Å². The minimum absolute atomic E-state index is 0.00330. The molecule has 1 aromatic heterocycles. The van der Waals surface area contributed by atoms with E-state index < -0.39 is 11.7 Å². The molecule has 2 atom stereocenters. The van der Waals surface area contributed by atoms with Gasteiger partial charge in [-0.3, -0.25) is 0 Å². The van der Waals surface area contributed by atoms with Crippen molar-refractivity contribution >= 4 is 6.09 Å². The molecule has 6 nitrogen and oxygen atoms in total. The van der Waals surface area contributed by atoms with Gasteiger partial charge < -0.3 is 19.5 Å². The fourth-order valence-electron chi connectivity index (χ4n) is 4.47. The van der Waals surface area contributed by atoms with E-state index in [1.54, 1.807) is 30.3 Å². The number of hydrogen-bond acceptors (Lipinski definition) is 5. The molecule has 34 heavy (non-hydrogen) atoms. The standard InChI is InChI=1S/C27H29FN2O4/c1-19(20-4-6-21(7-5-20)22-8-13-25(33-2)29-18-22)30-16-15-27(14-3-17-31,34-26(30)32)23-9-11-24(28)12-10-23/h4-13,18-19,31H,3,14-17H2,1-2H3/t19-,27?/m0/s1. The van der Waals surface area contributed by atoms with E-state index >= 15 is 0 Å². The number of cyclic esters (lactones) is 1. The predicted molar refractivity (Wildman–Crippen MR) is 127 cm³/mol. The number of carbonyl (C=O) groups is 1. The topological polar surface area (TPSA) is 71.9 Å². The van der Waals surface area contributed by atoms with Crippen LogP contribution in [0.4, 0.5) is 9.18 Å². The van der Waals surface area contributed by atoms with Crippen LogP contribution in [0, 0.1) is 5.82 Å². The number of nitrogens with zero attached hydrogens (tertiary/aromatic N) is 2. The molecule has 0 bridgehead atoms. The highest BCUT2D eigenvalue weighted by Crippen LogP contribution is 2.40. The molecule has 2 aromatic carbocycles. The molecule has 0 saturated carbocycles.